The van der Waals surface area contributed by atoms with Gasteiger partial charge in [0.25, 0.3) is 0 Å². The van der Waals surface area contributed by atoms with Crippen molar-refractivity contribution in [3.63, 3.8) is 0 Å². The van der Waals surface area contributed by atoms with Gasteiger partial charge < -0.3 is 16.0 Å². The summed E-state index contributed by atoms with van der Waals surface area (Å²) in [5.41, 5.74) is 2.46. The van der Waals surface area contributed by atoms with Gasteiger partial charge in [-0.1, -0.05) is 52.3 Å². The molecule has 0 bridgehead atoms. The van der Waals surface area contributed by atoms with E-state index in [0.717, 1.165) is 15.6 Å². The molecule has 28 heavy (non-hydrogen) atoms. The molecule has 146 valence electrons. The fourth-order valence-electron chi connectivity index (χ4n) is 2.31. The van der Waals surface area contributed by atoms with Gasteiger partial charge in [0.2, 0.25) is 17.7 Å². The van der Waals surface area contributed by atoms with Gasteiger partial charge >= 0.3 is 0 Å². The van der Waals surface area contributed by atoms with Crippen LogP contribution in [0.4, 0.5) is 5.69 Å². The van der Waals surface area contributed by atoms with Crippen molar-refractivity contribution in [2.24, 2.45) is 0 Å². The van der Waals surface area contributed by atoms with E-state index >= 15 is 0 Å². The Morgan fingerprint density at radius 1 is 1.11 bits per heavy atom. The van der Waals surface area contributed by atoms with Crippen molar-refractivity contribution >= 4 is 45.4 Å². The number of carbonyl (C=O) groups is 3. The van der Waals surface area contributed by atoms with E-state index in [0.29, 0.717) is 5.69 Å². The van der Waals surface area contributed by atoms with Gasteiger partial charge in [0, 0.05) is 16.2 Å². The number of hydrogen-bond donors (Lipinski definition) is 3. The number of hydrogen-bond acceptors (Lipinski definition) is 3. The largest absolute Gasteiger partial charge is 0.345 e. The molecule has 0 heterocycles. The number of benzene rings is 2. The molecule has 2 aromatic rings. The molecule has 0 aliphatic carbocycles. The van der Waals surface area contributed by atoms with E-state index in [4.69, 9.17) is 0 Å². The highest BCUT2D eigenvalue weighted by Gasteiger charge is 2.15. The van der Waals surface area contributed by atoms with Crippen molar-refractivity contribution in [3.8, 4) is 0 Å². The molecular formula is C21H22BrN3O3. The van der Waals surface area contributed by atoms with Crippen LogP contribution in [0, 0.1) is 6.92 Å². The van der Waals surface area contributed by atoms with E-state index in [9.17, 15) is 14.4 Å². The first-order chi connectivity index (χ1) is 13.3. The lowest BCUT2D eigenvalue weighted by atomic mass is 10.2. The van der Waals surface area contributed by atoms with E-state index in [-0.39, 0.29) is 18.4 Å². The van der Waals surface area contributed by atoms with E-state index in [1.807, 2.05) is 49.4 Å². The molecule has 2 rings (SSSR count). The van der Waals surface area contributed by atoms with Crippen LogP contribution in [0.5, 0.6) is 0 Å². The van der Waals surface area contributed by atoms with Gasteiger partial charge in [-0.15, -0.1) is 0 Å². The minimum absolute atomic E-state index is 0.190. The van der Waals surface area contributed by atoms with Crippen LogP contribution in [-0.4, -0.2) is 30.3 Å². The number of nitrogens with one attached hydrogen (secondary N) is 3. The summed E-state index contributed by atoms with van der Waals surface area (Å²) in [6.07, 6.45) is 3.02. The zero-order chi connectivity index (χ0) is 20.5. The summed E-state index contributed by atoms with van der Waals surface area (Å²) in [5.74, 6) is -1.18. The van der Waals surface area contributed by atoms with Crippen LogP contribution in [-0.2, 0) is 14.4 Å². The number of anilines is 1. The second kappa shape index (κ2) is 10.4. The number of amides is 3. The second-order valence-electron chi connectivity index (χ2n) is 6.20. The third-order valence-corrected chi connectivity index (χ3v) is 4.37. The molecule has 6 nitrogen and oxygen atoms in total. The number of rotatable bonds is 7. The molecule has 1 atom stereocenters. The van der Waals surface area contributed by atoms with Gasteiger partial charge in [0.05, 0.1) is 6.54 Å². The summed E-state index contributed by atoms with van der Waals surface area (Å²) in [5, 5.41) is 7.82. The van der Waals surface area contributed by atoms with Crippen molar-refractivity contribution in [2.45, 2.75) is 19.9 Å². The third kappa shape index (κ3) is 7.00. The molecule has 0 spiro atoms. The van der Waals surface area contributed by atoms with E-state index in [2.05, 4.69) is 31.9 Å². The smallest absolute Gasteiger partial charge is 0.244 e. The molecule has 1 unspecified atom stereocenters. The molecule has 0 saturated carbocycles. The zero-order valence-corrected chi connectivity index (χ0v) is 17.2. The van der Waals surface area contributed by atoms with Crippen LogP contribution in [0.25, 0.3) is 6.08 Å². The van der Waals surface area contributed by atoms with Crippen LogP contribution < -0.4 is 16.0 Å². The maximum atomic E-state index is 12.1. The Kier molecular flexibility index (Phi) is 7.95. The van der Waals surface area contributed by atoms with Crippen LogP contribution in [0.2, 0.25) is 0 Å². The summed E-state index contributed by atoms with van der Waals surface area (Å²) < 4.78 is 0.845. The first kappa shape index (κ1) is 21.4. The van der Waals surface area contributed by atoms with Crippen molar-refractivity contribution < 1.29 is 14.4 Å². The second-order valence-corrected chi connectivity index (χ2v) is 7.12. The van der Waals surface area contributed by atoms with Crippen LogP contribution >= 0.6 is 15.9 Å². The Hall–Kier alpha value is -2.93. The van der Waals surface area contributed by atoms with Crippen molar-refractivity contribution in [2.75, 3.05) is 11.9 Å². The molecule has 0 aliphatic heterocycles. The number of aryl methyl sites for hydroxylation is 1. The van der Waals surface area contributed by atoms with Gasteiger partial charge in [0.15, 0.2) is 0 Å². The van der Waals surface area contributed by atoms with E-state index < -0.39 is 11.9 Å². The third-order valence-electron chi connectivity index (χ3n) is 3.88. The lowest BCUT2D eigenvalue weighted by Gasteiger charge is -2.13. The number of carbonyl (C=O) groups excluding carboxylic acids is 3. The average molecular weight is 444 g/mol. The highest BCUT2D eigenvalue weighted by Crippen LogP contribution is 2.20. The molecule has 3 amide bonds. The van der Waals surface area contributed by atoms with Gasteiger partial charge in [-0.2, -0.15) is 0 Å². The maximum Gasteiger partial charge on any atom is 0.244 e. The first-order valence-corrected chi connectivity index (χ1v) is 9.52. The molecule has 0 saturated heterocycles. The molecule has 2 aromatic carbocycles. The first-order valence-electron chi connectivity index (χ1n) is 8.72. The standard InChI is InChI=1S/C21H22BrN3O3/c1-14-8-10-17(22)12-18(14)25-20(27)13-23-21(28)15(2)24-19(26)11-9-16-6-4-3-5-7-16/h3-12,15H,13H2,1-2H3,(H,23,28)(H,24,26)(H,25,27)/b11-9+. The Morgan fingerprint density at radius 3 is 2.54 bits per heavy atom. The highest BCUT2D eigenvalue weighted by molar-refractivity contribution is 9.10. The van der Waals surface area contributed by atoms with Crippen molar-refractivity contribution in [1.29, 1.82) is 0 Å². The van der Waals surface area contributed by atoms with Crippen LogP contribution in [0.1, 0.15) is 18.1 Å². The summed E-state index contributed by atoms with van der Waals surface area (Å²) >= 11 is 3.35. The van der Waals surface area contributed by atoms with Crippen molar-refractivity contribution in [1.82, 2.24) is 10.6 Å². The summed E-state index contributed by atoms with van der Waals surface area (Å²) in [6, 6.07) is 14.1. The lowest BCUT2D eigenvalue weighted by Crippen LogP contribution is -2.46. The quantitative estimate of drug-likeness (QED) is 0.574. The van der Waals surface area contributed by atoms with Gasteiger partial charge in [0.1, 0.15) is 6.04 Å². The normalized spacial score (nSPS) is 11.7. The zero-order valence-electron chi connectivity index (χ0n) is 15.7. The molecule has 7 heteroatoms. The molecule has 0 radical (unpaired) electrons. The van der Waals surface area contributed by atoms with Gasteiger partial charge in [-0.25, -0.2) is 0 Å². The van der Waals surface area contributed by atoms with E-state index in [1.165, 1.54) is 6.08 Å². The fourth-order valence-corrected chi connectivity index (χ4v) is 2.67. The monoisotopic (exact) mass is 443 g/mol. The fraction of sp³-hybridized carbons (Fsp3) is 0.190. The maximum absolute atomic E-state index is 12.1. The van der Waals surface area contributed by atoms with Gasteiger partial charge in [-0.3, -0.25) is 14.4 Å². The van der Waals surface area contributed by atoms with Crippen LogP contribution in [0.3, 0.4) is 0 Å². The topological polar surface area (TPSA) is 87.3 Å². The Labute approximate surface area is 172 Å². The summed E-state index contributed by atoms with van der Waals surface area (Å²) in [6.45, 7) is 3.24. The SMILES string of the molecule is Cc1ccc(Br)cc1NC(=O)CNC(=O)C(C)NC(=O)/C=C/c1ccccc1. The van der Waals surface area contributed by atoms with Crippen molar-refractivity contribution in [3.05, 3.63) is 70.2 Å². The van der Waals surface area contributed by atoms with E-state index in [1.54, 1.807) is 19.1 Å². The molecular weight excluding hydrogens is 422 g/mol. The minimum Gasteiger partial charge on any atom is -0.345 e. The predicted molar refractivity (Wildman–Crippen MR) is 114 cm³/mol. The Bertz CT molecular complexity index is 882. The lowest BCUT2D eigenvalue weighted by molar-refractivity contribution is -0.127. The predicted octanol–water partition coefficient (Wildman–Crippen LogP) is 3.03. The minimum atomic E-state index is -0.770. The van der Waals surface area contributed by atoms with Gasteiger partial charge in [-0.05, 0) is 43.2 Å². The molecule has 0 aromatic heterocycles. The number of halogens is 1. The highest BCUT2D eigenvalue weighted by atomic mass is 79.9. The summed E-state index contributed by atoms with van der Waals surface area (Å²) in [4.78, 5) is 36.1. The summed E-state index contributed by atoms with van der Waals surface area (Å²) in [7, 11) is 0. The average Bonchev–Trinajstić information content (AvgIpc) is 2.68. The Morgan fingerprint density at radius 2 is 1.82 bits per heavy atom. The Balaban J connectivity index is 1.78. The molecule has 0 aliphatic rings. The molecule has 0 fully saturated rings. The van der Waals surface area contributed by atoms with Crippen LogP contribution in [0.15, 0.2) is 59.1 Å². The molecule has 3 N–H and O–H groups in total.